The van der Waals surface area contributed by atoms with E-state index >= 15 is 0 Å². The molecule has 0 saturated heterocycles. The summed E-state index contributed by atoms with van der Waals surface area (Å²) >= 11 is 13.8. The molecule has 5 heteroatoms. The topological polar surface area (TPSA) is 21.3 Å². The van der Waals surface area contributed by atoms with Crippen molar-refractivity contribution in [2.24, 2.45) is 0 Å². The van der Waals surface area contributed by atoms with Crippen LogP contribution in [-0.4, -0.2) is 5.54 Å². The van der Waals surface area contributed by atoms with Crippen molar-refractivity contribution in [3.05, 3.63) is 50.1 Å². The van der Waals surface area contributed by atoms with Crippen molar-refractivity contribution in [1.82, 2.24) is 5.32 Å². The number of ether oxygens (including phenoxy) is 1. The fourth-order valence-electron chi connectivity index (χ4n) is 1.69. The van der Waals surface area contributed by atoms with Crippen molar-refractivity contribution in [1.29, 1.82) is 0 Å². The summed E-state index contributed by atoms with van der Waals surface area (Å²) in [6.45, 7) is 7.84. The number of hydrogen-bond acceptors (Lipinski definition) is 3. The van der Waals surface area contributed by atoms with E-state index in [1.54, 1.807) is 17.4 Å². The van der Waals surface area contributed by atoms with Gasteiger partial charge < -0.3 is 10.1 Å². The normalized spacial score (nSPS) is 11.7. The van der Waals surface area contributed by atoms with Gasteiger partial charge in [0.15, 0.2) is 0 Å². The zero-order valence-electron chi connectivity index (χ0n) is 12.4. The van der Waals surface area contributed by atoms with Crippen molar-refractivity contribution in [2.75, 3.05) is 0 Å². The van der Waals surface area contributed by atoms with Crippen LogP contribution in [-0.2, 0) is 13.2 Å². The van der Waals surface area contributed by atoms with Gasteiger partial charge in [-0.2, -0.15) is 0 Å². The largest absolute Gasteiger partial charge is 0.486 e. The van der Waals surface area contributed by atoms with Crippen LogP contribution in [0.15, 0.2) is 30.3 Å². The van der Waals surface area contributed by atoms with Crippen molar-refractivity contribution in [3.63, 3.8) is 0 Å². The minimum absolute atomic E-state index is 0.120. The first-order valence-electron chi connectivity index (χ1n) is 6.74. The first kappa shape index (κ1) is 16.6. The molecule has 0 saturated carbocycles. The summed E-state index contributed by atoms with van der Waals surface area (Å²) in [7, 11) is 0. The molecule has 1 aromatic heterocycles. The van der Waals surface area contributed by atoms with Crippen LogP contribution in [0.2, 0.25) is 10.0 Å². The van der Waals surface area contributed by atoms with E-state index < -0.39 is 0 Å². The van der Waals surface area contributed by atoms with E-state index in [9.17, 15) is 0 Å². The summed E-state index contributed by atoms with van der Waals surface area (Å²) < 4.78 is 5.74. The molecule has 0 fully saturated rings. The molecule has 0 bridgehead atoms. The molecule has 114 valence electrons. The van der Waals surface area contributed by atoms with Crippen LogP contribution in [0.25, 0.3) is 0 Å². The summed E-state index contributed by atoms with van der Waals surface area (Å²) in [5.41, 5.74) is 0.120. The van der Waals surface area contributed by atoms with Crippen LogP contribution < -0.4 is 10.1 Å². The number of benzene rings is 1. The zero-order valence-corrected chi connectivity index (χ0v) is 14.7. The maximum atomic E-state index is 6.10. The first-order valence-corrected chi connectivity index (χ1v) is 8.32. The lowest BCUT2D eigenvalue weighted by molar-refractivity contribution is 0.310. The summed E-state index contributed by atoms with van der Waals surface area (Å²) in [5.74, 6) is 0.618. The van der Waals surface area contributed by atoms with E-state index in [1.807, 2.05) is 12.1 Å². The van der Waals surface area contributed by atoms with Gasteiger partial charge in [-0.05, 0) is 45.0 Å². The second kappa shape index (κ2) is 7.01. The zero-order chi connectivity index (χ0) is 15.5. The van der Waals surface area contributed by atoms with Crippen LogP contribution in [0.1, 0.15) is 30.5 Å². The fraction of sp³-hybridized carbons (Fsp3) is 0.375. The van der Waals surface area contributed by atoms with E-state index in [2.05, 4.69) is 38.2 Å². The second-order valence-electron chi connectivity index (χ2n) is 5.81. The number of nitrogens with one attached hydrogen (secondary N) is 1. The molecule has 1 N–H and O–H groups in total. The van der Waals surface area contributed by atoms with Gasteiger partial charge in [-0.1, -0.05) is 29.3 Å². The highest BCUT2D eigenvalue weighted by Crippen LogP contribution is 2.32. The number of thiophene rings is 1. The summed E-state index contributed by atoms with van der Waals surface area (Å²) in [4.78, 5) is 2.46. The average molecular weight is 344 g/mol. The molecule has 2 rings (SSSR count). The maximum Gasteiger partial charge on any atom is 0.139 e. The molecule has 1 heterocycles. The molecule has 0 unspecified atom stereocenters. The van der Waals surface area contributed by atoms with Crippen LogP contribution in [0.4, 0.5) is 0 Å². The third-order valence-corrected chi connectivity index (χ3v) is 4.66. The molecule has 2 aromatic rings. The highest BCUT2D eigenvalue weighted by atomic mass is 35.5. The first-order chi connectivity index (χ1) is 9.85. The third-order valence-electron chi connectivity index (χ3n) is 2.80. The maximum absolute atomic E-state index is 6.10. The van der Waals surface area contributed by atoms with Gasteiger partial charge in [-0.15, -0.1) is 11.3 Å². The Kier molecular flexibility index (Phi) is 5.55. The predicted molar refractivity (Wildman–Crippen MR) is 91.7 cm³/mol. The van der Waals surface area contributed by atoms with Gasteiger partial charge in [0.2, 0.25) is 0 Å². The van der Waals surface area contributed by atoms with Gasteiger partial charge >= 0.3 is 0 Å². The van der Waals surface area contributed by atoms with E-state index in [-0.39, 0.29) is 5.54 Å². The molecule has 0 atom stereocenters. The van der Waals surface area contributed by atoms with E-state index in [0.29, 0.717) is 22.4 Å². The van der Waals surface area contributed by atoms with Gasteiger partial charge in [0.1, 0.15) is 17.4 Å². The number of rotatable bonds is 5. The molecule has 21 heavy (non-hydrogen) atoms. The molecule has 0 amide bonds. The minimum Gasteiger partial charge on any atom is -0.486 e. The second-order valence-corrected chi connectivity index (χ2v) is 7.85. The van der Waals surface area contributed by atoms with E-state index in [1.165, 1.54) is 4.88 Å². The Labute approximate surface area is 140 Å². The van der Waals surface area contributed by atoms with Crippen molar-refractivity contribution < 1.29 is 4.74 Å². The molecule has 0 aliphatic rings. The smallest absolute Gasteiger partial charge is 0.139 e. The van der Waals surface area contributed by atoms with Crippen LogP contribution in [0, 0.1) is 0 Å². The van der Waals surface area contributed by atoms with Crippen molar-refractivity contribution in [2.45, 2.75) is 39.5 Å². The number of halogens is 2. The minimum atomic E-state index is 0.120. The molecule has 0 spiro atoms. The Hall–Kier alpha value is -0.740. The Morgan fingerprint density at radius 2 is 1.81 bits per heavy atom. The Balaban J connectivity index is 1.92. The van der Waals surface area contributed by atoms with Crippen LogP contribution >= 0.6 is 34.5 Å². The third kappa shape index (κ3) is 5.19. The number of hydrogen-bond donors (Lipinski definition) is 1. The molecule has 2 nitrogen and oxygen atoms in total. The summed E-state index contributed by atoms with van der Waals surface area (Å²) in [6.07, 6.45) is 0. The van der Waals surface area contributed by atoms with Crippen LogP contribution in [0.3, 0.4) is 0 Å². The standard InChI is InChI=1S/C16H19Cl2NOS/c1-16(2,3)19-9-11-7-8-12(21-11)10-20-14-6-4-5-13(17)15(14)18/h4-8,19H,9-10H2,1-3H3. The predicted octanol–water partition coefficient (Wildman–Crippen LogP) is 5.52. The van der Waals surface area contributed by atoms with Gasteiger partial charge in [0.05, 0.1) is 5.02 Å². The molecular formula is C16H19Cl2NOS. The SMILES string of the molecule is CC(C)(C)NCc1ccc(COc2cccc(Cl)c2Cl)s1. The molecule has 1 aromatic carbocycles. The Morgan fingerprint density at radius 1 is 1.10 bits per heavy atom. The lowest BCUT2D eigenvalue weighted by atomic mass is 10.1. The van der Waals surface area contributed by atoms with Gasteiger partial charge in [-0.25, -0.2) is 0 Å². The lowest BCUT2D eigenvalue weighted by Crippen LogP contribution is -2.34. The molecule has 0 aliphatic heterocycles. The molecule has 0 radical (unpaired) electrons. The lowest BCUT2D eigenvalue weighted by Gasteiger charge is -2.19. The van der Waals surface area contributed by atoms with Crippen molar-refractivity contribution in [3.8, 4) is 5.75 Å². The van der Waals surface area contributed by atoms with Crippen LogP contribution in [0.5, 0.6) is 5.75 Å². The summed E-state index contributed by atoms with van der Waals surface area (Å²) in [6, 6.07) is 9.61. The quantitative estimate of drug-likeness (QED) is 0.771. The highest BCUT2D eigenvalue weighted by molar-refractivity contribution is 7.11. The van der Waals surface area contributed by atoms with E-state index in [0.717, 1.165) is 11.4 Å². The highest BCUT2D eigenvalue weighted by Gasteiger charge is 2.10. The fourth-order valence-corrected chi connectivity index (χ4v) is 2.91. The molecule has 0 aliphatic carbocycles. The Morgan fingerprint density at radius 3 is 2.52 bits per heavy atom. The van der Waals surface area contributed by atoms with Gasteiger partial charge in [-0.3, -0.25) is 0 Å². The average Bonchev–Trinajstić information content (AvgIpc) is 2.85. The van der Waals surface area contributed by atoms with E-state index in [4.69, 9.17) is 27.9 Å². The van der Waals surface area contributed by atoms with Gasteiger partial charge in [0.25, 0.3) is 0 Å². The summed E-state index contributed by atoms with van der Waals surface area (Å²) in [5, 5.41) is 4.45. The van der Waals surface area contributed by atoms with Gasteiger partial charge in [0, 0.05) is 21.8 Å². The monoisotopic (exact) mass is 343 g/mol. The Bertz CT molecular complexity index is 605. The molecular weight excluding hydrogens is 325 g/mol. The van der Waals surface area contributed by atoms with Crippen molar-refractivity contribution >= 4 is 34.5 Å².